The molecule has 170 valence electrons. The van der Waals surface area contributed by atoms with E-state index in [-0.39, 0.29) is 17.8 Å². The predicted octanol–water partition coefficient (Wildman–Crippen LogP) is 4.33. The van der Waals surface area contributed by atoms with E-state index in [0.717, 1.165) is 41.4 Å². The molecule has 0 unspecified atom stereocenters. The van der Waals surface area contributed by atoms with Gasteiger partial charge < -0.3 is 15.2 Å². The highest BCUT2D eigenvalue weighted by Gasteiger charge is 2.58. The SMILES string of the molecule is CCCCCNC(=O)c1ccc(N2C(=O)N3CCc4c([nH]c5ccccc45)[C@@]3(C)C2=O)cc1. The Kier molecular flexibility index (Phi) is 5.19. The van der Waals surface area contributed by atoms with Gasteiger partial charge in [-0.3, -0.25) is 9.59 Å². The fraction of sp³-hybridized carbons (Fsp3) is 0.346. The first kappa shape index (κ1) is 21.2. The maximum Gasteiger partial charge on any atom is 0.332 e. The van der Waals surface area contributed by atoms with Crippen LogP contribution in [0, 0.1) is 0 Å². The Morgan fingerprint density at radius 2 is 1.85 bits per heavy atom. The number of imide groups is 1. The van der Waals surface area contributed by atoms with Gasteiger partial charge in [0, 0.05) is 29.6 Å². The number of benzene rings is 2. The third kappa shape index (κ3) is 3.22. The lowest BCUT2D eigenvalue weighted by Gasteiger charge is -2.35. The Balaban J connectivity index is 1.42. The van der Waals surface area contributed by atoms with Crippen LogP contribution >= 0.6 is 0 Å². The molecular weight excluding hydrogens is 416 g/mol. The van der Waals surface area contributed by atoms with Crippen molar-refractivity contribution in [1.82, 2.24) is 15.2 Å². The molecule has 3 aromatic rings. The predicted molar refractivity (Wildman–Crippen MR) is 127 cm³/mol. The van der Waals surface area contributed by atoms with E-state index in [4.69, 9.17) is 0 Å². The normalized spacial score (nSPS) is 19.7. The minimum atomic E-state index is -1.08. The summed E-state index contributed by atoms with van der Waals surface area (Å²) in [4.78, 5) is 45.7. The summed E-state index contributed by atoms with van der Waals surface area (Å²) >= 11 is 0. The van der Waals surface area contributed by atoms with Gasteiger partial charge in [0.2, 0.25) is 0 Å². The van der Waals surface area contributed by atoms with Crippen molar-refractivity contribution < 1.29 is 14.4 Å². The van der Waals surface area contributed by atoms with Crippen LogP contribution in [0.1, 0.15) is 54.7 Å². The molecule has 0 radical (unpaired) electrons. The topological polar surface area (TPSA) is 85.5 Å². The lowest BCUT2D eigenvalue weighted by Crippen LogP contribution is -2.49. The molecule has 1 atom stereocenters. The standard InChI is InChI=1S/C26H28N4O3/c1-3-4-7-15-27-23(31)17-10-12-18(13-11-17)30-24(32)26(2)22-20(14-16-29(26)25(30)33)19-8-5-6-9-21(19)28-22/h5-6,8-13,28H,3-4,7,14-16H2,1-2H3,(H,27,31)/t26-/m0/s1. The molecule has 7 nitrogen and oxygen atoms in total. The Hall–Kier alpha value is -3.61. The number of unbranched alkanes of at least 4 members (excludes halogenated alkanes) is 2. The van der Waals surface area contributed by atoms with Crippen molar-refractivity contribution in [3.05, 3.63) is 65.4 Å². The number of rotatable bonds is 6. The molecule has 1 aromatic heterocycles. The average Bonchev–Trinajstić information content (AvgIpc) is 3.30. The van der Waals surface area contributed by atoms with Gasteiger partial charge in [0.25, 0.3) is 11.8 Å². The summed E-state index contributed by atoms with van der Waals surface area (Å²) in [6, 6.07) is 14.3. The number of para-hydroxylation sites is 1. The summed E-state index contributed by atoms with van der Waals surface area (Å²) in [5.41, 5.74) is 2.76. The van der Waals surface area contributed by atoms with E-state index in [2.05, 4.69) is 23.3 Å². The summed E-state index contributed by atoms with van der Waals surface area (Å²) in [6.45, 7) is 5.05. The molecule has 3 heterocycles. The lowest BCUT2D eigenvalue weighted by molar-refractivity contribution is -0.125. The quantitative estimate of drug-likeness (QED) is 0.438. The second kappa shape index (κ2) is 8.06. The highest BCUT2D eigenvalue weighted by Crippen LogP contribution is 2.45. The van der Waals surface area contributed by atoms with Gasteiger partial charge in [-0.2, -0.15) is 0 Å². The fourth-order valence-corrected chi connectivity index (χ4v) is 5.06. The Morgan fingerprint density at radius 1 is 1.09 bits per heavy atom. The van der Waals surface area contributed by atoms with Crippen LogP contribution in [0.4, 0.5) is 10.5 Å². The number of hydrogen-bond acceptors (Lipinski definition) is 3. The van der Waals surface area contributed by atoms with Crippen LogP contribution in [0.2, 0.25) is 0 Å². The van der Waals surface area contributed by atoms with E-state index in [1.54, 1.807) is 29.2 Å². The smallest absolute Gasteiger partial charge is 0.332 e. The van der Waals surface area contributed by atoms with Crippen molar-refractivity contribution in [2.24, 2.45) is 0 Å². The zero-order valence-electron chi connectivity index (χ0n) is 19.0. The highest BCUT2D eigenvalue weighted by molar-refractivity contribution is 6.23. The van der Waals surface area contributed by atoms with Crippen LogP contribution in [-0.2, 0) is 16.8 Å². The van der Waals surface area contributed by atoms with E-state index in [9.17, 15) is 14.4 Å². The maximum atomic E-state index is 13.7. The van der Waals surface area contributed by atoms with E-state index in [1.807, 2.05) is 25.1 Å². The number of urea groups is 1. The minimum Gasteiger partial charge on any atom is -0.356 e. The van der Waals surface area contributed by atoms with Gasteiger partial charge in [-0.15, -0.1) is 0 Å². The van der Waals surface area contributed by atoms with Crippen LogP contribution in [0.3, 0.4) is 0 Å². The zero-order chi connectivity index (χ0) is 23.2. The van der Waals surface area contributed by atoms with Crippen LogP contribution < -0.4 is 10.2 Å². The maximum absolute atomic E-state index is 13.7. The Morgan fingerprint density at radius 3 is 2.61 bits per heavy atom. The van der Waals surface area contributed by atoms with Gasteiger partial charge in [-0.25, -0.2) is 9.69 Å². The molecule has 2 aliphatic heterocycles. The Bertz CT molecular complexity index is 1250. The number of carbonyl (C=O) groups is 3. The van der Waals surface area contributed by atoms with Gasteiger partial charge in [0.1, 0.15) is 0 Å². The molecule has 2 aromatic carbocycles. The number of carbonyl (C=O) groups excluding carboxylic acids is 3. The molecule has 7 heteroatoms. The van der Waals surface area contributed by atoms with Crippen LogP contribution in [0.25, 0.3) is 10.9 Å². The molecule has 2 N–H and O–H groups in total. The average molecular weight is 445 g/mol. The van der Waals surface area contributed by atoms with Crippen molar-refractivity contribution in [2.75, 3.05) is 18.0 Å². The number of aromatic amines is 1. The molecule has 2 aliphatic rings. The summed E-state index contributed by atoms with van der Waals surface area (Å²) < 4.78 is 0. The minimum absolute atomic E-state index is 0.149. The molecule has 33 heavy (non-hydrogen) atoms. The number of H-pyrrole nitrogens is 1. The third-order valence-electron chi connectivity index (χ3n) is 6.92. The number of nitrogens with one attached hydrogen (secondary N) is 2. The van der Waals surface area contributed by atoms with Gasteiger partial charge in [-0.05, 0) is 55.7 Å². The number of anilines is 1. The molecule has 5 rings (SSSR count). The van der Waals surface area contributed by atoms with Crippen LogP contribution in [0.5, 0.6) is 0 Å². The number of fused-ring (bicyclic) bond motifs is 5. The number of amides is 4. The first-order valence-corrected chi connectivity index (χ1v) is 11.6. The van der Waals surface area contributed by atoms with Crippen molar-refractivity contribution in [1.29, 1.82) is 0 Å². The van der Waals surface area contributed by atoms with E-state index >= 15 is 0 Å². The largest absolute Gasteiger partial charge is 0.356 e. The van der Waals surface area contributed by atoms with Crippen LogP contribution in [-0.4, -0.2) is 40.8 Å². The Labute approximate surface area is 192 Å². The van der Waals surface area contributed by atoms with Crippen molar-refractivity contribution in [2.45, 2.75) is 45.1 Å². The van der Waals surface area contributed by atoms with E-state index in [1.165, 1.54) is 4.90 Å². The highest BCUT2D eigenvalue weighted by atomic mass is 16.2. The zero-order valence-corrected chi connectivity index (χ0v) is 19.0. The monoisotopic (exact) mass is 444 g/mol. The number of nitrogens with zero attached hydrogens (tertiary/aromatic N) is 2. The van der Waals surface area contributed by atoms with Gasteiger partial charge in [0.05, 0.1) is 11.4 Å². The number of aromatic nitrogens is 1. The second-order valence-electron chi connectivity index (χ2n) is 8.93. The molecular formula is C26H28N4O3. The summed E-state index contributed by atoms with van der Waals surface area (Å²) in [5.74, 6) is -0.430. The third-order valence-corrected chi connectivity index (χ3v) is 6.92. The van der Waals surface area contributed by atoms with Gasteiger partial charge in [0.15, 0.2) is 5.54 Å². The summed E-state index contributed by atoms with van der Waals surface area (Å²) in [7, 11) is 0. The molecule has 0 bridgehead atoms. The molecule has 4 amide bonds. The van der Waals surface area contributed by atoms with Gasteiger partial charge >= 0.3 is 6.03 Å². The molecule has 0 aliphatic carbocycles. The molecule has 0 spiro atoms. The number of hydrogen-bond donors (Lipinski definition) is 2. The first-order valence-electron chi connectivity index (χ1n) is 11.6. The van der Waals surface area contributed by atoms with Gasteiger partial charge in [-0.1, -0.05) is 38.0 Å². The molecule has 0 saturated carbocycles. The second-order valence-corrected chi connectivity index (χ2v) is 8.93. The van der Waals surface area contributed by atoms with Crippen molar-refractivity contribution >= 4 is 34.4 Å². The summed E-state index contributed by atoms with van der Waals surface area (Å²) in [5, 5.41) is 4.01. The van der Waals surface area contributed by atoms with E-state index < -0.39 is 5.54 Å². The van der Waals surface area contributed by atoms with Crippen molar-refractivity contribution in [3.63, 3.8) is 0 Å². The molecule has 1 fully saturated rings. The fourth-order valence-electron chi connectivity index (χ4n) is 5.06. The van der Waals surface area contributed by atoms with E-state index in [0.29, 0.717) is 30.8 Å². The first-order chi connectivity index (χ1) is 16.0. The lowest BCUT2D eigenvalue weighted by atomic mass is 9.87. The molecule has 1 saturated heterocycles. The summed E-state index contributed by atoms with van der Waals surface area (Å²) in [6.07, 6.45) is 3.81. The van der Waals surface area contributed by atoms with Crippen LogP contribution in [0.15, 0.2) is 48.5 Å². The van der Waals surface area contributed by atoms with Crippen molar-refractivity contribution in [3.8, 4) is 0 Å².